The van der Waals surface area contributed by atoms with Gasteiger partial charge in [0, 0.05) is 6.04 Å². The molecular formula is C13H22N4O. The molecule has 1 aromatic rings. The molecule has 1 heterocycles. The largest absolute Gasteiger partial charge is 0.407 e. The lowest BCUT2D eigenvalue weighted by Crippen LogP contribution is -2.45. The number of anilines is 1. The second-order valence-electron chi connectivity index (χ2n) is 6.70. The van der Waals surface area contributed by atoms with Gasteiger partial charge >= 0.3 is 6.01 Å². The lowest BCUT2D eigenvalue weighted by atomic mass is 9.68. The van der Waals surface area contributed by atoms with E-state index < -0.39 is 0 Å². The third-order valence-corrected chi connectivity index (χ3v) is 5.18. The Labute approximate surface area is 108 Å². The quantitative estimate of drug-likeness (QED) is 0.859. The number of nitrogens with one attached hydrogen (secondary N) is 1. The molecule has 2 aliphatic rings. The predicted molar refractivity (Wildman–Crippen MR) is 68.8 cm³/mol. The number of nitrogens with zero attached hydrogens (tertiary/aromatic N) is 2. The molecule has 2 fully saturated rings. The van der Waals surface area contributed by atoms with Crippen molar-refractivity contribution < 1.29 is 4.42 Å². The van der Waals surface area contributed by atoms with Crippen LogP contribution in [0.4, 0.5) is 6.01 Å². The van der Waals surface area contributed by atoms with Crippen molar-refractivity contribution in [3.63, 3.8) is 0 Å². The van der Waals surface area contributed by atoms with E-state index in [2.05, 4.69) is 36.3 Å². The molecule has 0 amide bonds. The van der Waals surface area contributed by atoms with Gasteiger partial charge in [-0.1, -0.05) is 25.9 Å². The summed E-state index contributed by atoms with van der Waals surface area (Å²) in [5.74, 6) is 1.29. The molecule has 0 aromatic carbocycles. The van der Waals surface area contributed by atoms with E-state index in [0.717, 1.165) is 5.92 Å². The molecule has 100 valence electrons. The molecule has 1 aromatic heterocycles. The molecular weight excluding hydrogens is 228 g/mol. The van der Waals surface area contributed by atoms with Crippen molar-refractivity contribution in [3.8, 4) is 0 Å². The zero-order chi connectivity index (χ0) is 13.0. The van der Waals surface area contributed by atoms with Crippen molar-refractivity contribution in [1.82, 2.24) is 10.2 Å². The third-order valence-electron chi connectivity index (χ3n) is 5.18. The maximum Gasteiger partial charge on any atom is 0.315 e. The highest BCUT2D eigenvalue weighted by molar-refractivity contribution is 5.28. The van der Waals surface area contributed by atoms with Crippen molar-refractivity contribution in [2.24, 2.45) is 22.5 Å². The molecule has 0 aliphatic heterocycles. The van der Waals surface area contributed by atoms with Gasteiger partial charge in [-0.05, 0) is 36.0 Å². The standard InChI is InChI=1S/C13H22N4O/c1-12(2)8-4-5-13(3,6-8)10(12)15-11-17-16-9(7-14)18-11/h8,10H,4-7,14H2,1-3H3,(H,15,17). The topological polar surface area (TPSA) is 77.0 Å². The van der Waals surface area contributed by atoms with Gasteiger partial charge in [0.05, 0.1) is 6.54 Å². The average Bonchev–Trinajstić information content (AvgIpc) is 2.95. The molecule has 3 N–H and O–H groups in total. The number of hydrogen-bond donors (Lipinski definition) is 2. The van der Waals surface area contributed by atoms with Crippen molar-refractivity contribution >= 4 is 6.01 Å². The van der Waals surface area contributed by atoms with Crippen LogP contribution in [0.15, 0.2) is 4.42 Å². The first-order chi connectivity index (χ1) is 8.45. The predicted octanol–water partition coefficient (Wildman–Crippen LogP) is 2.15. The maximum absolute atomic E-state index is 5.49. The van der Waals surface area contributed by atoms with Gasteiger partial charge in [0.15, 0.2) is 0 Å². The molecule has 18 heavy (non-hydrogen) atoms. The van der Waals surface area contributed by atoms with Crippen LogP contribution in [0, 0.1) is 16.7 Å². The van der Waals surface area contributed by atoms with Crippen LogP contribution in [0.1, 0.15) is 45.9 Å². The summed E-state index contributed by atoms with van der Waals surface area (Å²) < 4.78 is 5.48. The molecule has 0 spiro atoms. The fraction of sp³-hybridized carbons (Fsp3) is 0.846. The second-order valence-corrected chi connectivity index (χ2v) is 6.70. The van der Waals surface area contributed by atoms with E-state index in [1.807, 2.05) is 0 Å². The monoisotopic (exact) mass is 250 g/mol. The fourth-order valence-corrected chi connectivity index (χ4v) is 4.18. The Balaban J connectivity index is 1.83. The smallest absolute Gasteiger partial charge is 0.315 e. The van der Waals surface area contributed by atoms with Gasteiger partial charge in [-0.2, -0.15) is 0 Å². The average molecular weight is 250 g/mol. The number of fused-ring (bicyclic) bond motifs is 2. The van der Waals surface area contributed by atoms with Gasteiger partial charge in [0.2, 0.25) is 5.89 Å². The van der Waals surface area contributed by atoms with Crippen molar-refractivity contribution in [1.29, 1.82) is 0 Å². The Morgan fingerprint density at radius 1 is 1.39 bits per heavy atom. The zero-order valence-electron chi connectivity index (χ0n) is 11.4. The van der Waals surface area contributed by atoms with Crippen molar-refractivity contribution in [2.75, 3.05) is 5.32 Å². The third kappa shape index (κ3) is 1.56. The summed E-state index contributed by atoms with van der Waals surface area (Å²) >= 11 is 0. The van der Waals surface area contributed by atoms with Gasteiger partial charge in [0.1, 0.15) is 0 Å². The van der Waals surface area contributed by atoms with Crippen LogP contribution >= 0.6 is 0 Å². The van der Waals surface area contributed by atoms with Gasteiger partial charge < -0.3 is 15.5 Å². The number of hydrogen-bond acceptors (Lipinski definition) is 5. The van der Waals surface area contributed by atoms with E-state index in [0.29, 0.717) is 29.9 Å². The Hall–Kier alpha value is -1.10. The zero-order valence-corrected chi connectivity index (χ0v) is 11.4. The lowest BCUT2D eigenvalue weighted by Gasteiger charge is -2.42. The van der Waals surface area contributed by atoms with E-state index in [-0.39, 0.29) is 5.41 Å². The lowest BCUT2D eigenvalue weighted by molar-refractivity contribution is 0.153. The number of aromatic nitrogens is 2. The van der Waals surface area contributed by atoms with Crippen LogP contribution in [0.5, 0.6) is 0 Å². The summed E-state index contributed by atoms with van der Waals surface area (Å²) in [7, 11) is 0. The van der Waals surface area contributed by atoms with E-state index in [1.54, 1.807) is 0 Å². The summed E-state index contributed by atoms with van der Waals surface area (Å²) in [5, 5.41) is 11.4. The van der Waals surface area contributed by atoms with Crippen LogP contribution < -0.4 is 11.1 Å². The van der Waals surface area contributed by atoms with E-state index in [9.17, 15) is 0 Å². The van der Waals surface area contributed by atoms with Crippen molar-refractivity contribution in [2.45, 2.75) is 52.6 Å². The highest BCUT2D eigenvalue weighted by Crippen LogP contribution is 2.62. The van der Waals surface area contributed by atoms with Crippen LogP contribution in [0.3, 0.4) is 0 Å². The van der Waals surface area contributed by atoms with Gasteiger partial charge in [-0.3, -0.25) is 0 Å². The molecule has 5 heteroatoms. The highest BCUT2D eigenvalue weighted by atomic mass is 16.4. The molecule has 5 nitrogen and oxygen atoms in total. The van der Waals surface area contributed by atoms with E-state index in [1.165, 1.54) is 19.3 Å². The minimum absolute atomic E-state index is 0.282. The van der Waals surface area contributed by atoms with Crippen LogP contribution in [0.25, 0.3) is 0 Å². The minimum atomic E-state index is 0.282. The van der Waals surface area contributed by atoms with Crippen LogP contribution in [0.2, 0.25) is 0 Å². The van der Waals surface area contributed by atoms with E-state index in [4.69, 9.17) is 10.2 Å². The number of nitrogens with two attached hydrogens (primary N) is 1. The summed E-state index contributed by atoms with van der Waals surface area (Å²) in [6.07, 6.45) is 3.94. The molecule has 3 rings (SSSR count). The Morgan fingerprint density at radius 2 is 2.17 bits per heavy atom. The van der Waals surface area contributed by atoms with Gasteiger partial charge in [-0.15, -0.1) is 5.10 Å². The molecule has 3 unspecified atom stereocenters. The fourth-order valence-electron chi connectivity index (χ4n) is 4.18. The Morgan fingerprint density at radius 3 is 2.72 bits per heavy atom. The van der Waals surface area contributed by atoms with E-state index >= 15 is 0 Å². The summed E-state index contributed by atoms with van der Waals surface area (Å²) in [6, 6.07) is 0.914. The molecule has 2 bridgehead atoms. The molecule has 0 radical (unpaired) electrons. The van der Waals surface area contributed by atoms with Crippen LogP contribution in [-0.2, 0) is 6.54 Å². The van der Waals surface area contributed by atoms with Gasteiger partial charge in [-0.25, -0.2) is 0 Å². The highest BCUT2D eigenvalue weighted by Gasteiger charge is 2.59. The summed E-state index contributed by atoms with van der Waals surface area (Å²) in [5.41, 5.74) is 6.12. The van der Waals surface area contributed by atoms with Crippen LogP contribution in [-0.4, -0.2) is 16.2 Å². The SMILES string of the molecule is CC12CCC(C1)C(C)(C)C2Nc1nnc(CN)o1. The second kappa shape index (κ2) is 3.70. The van der Waals surface area contributed by atoms with Gasteiger partial charge in [0.25, 0.3) is 0 Å². The maximum atomic E-state index is 5.49. The first kappa shape index (κ1) is 12.0. The normalized spacial score (nSPS) is 37.1. The molecule has 2 saturated carbocycles. The van der Waals surface area contributed by atoms with Crippen molar-refractivity contribution in [3.05, 3.63) is 5.89 Å². The summed E-state index contributed by atoms with van der Waals surface area (Å²) in [4.78, 5) is 0. The molecule has 2 aliphatic carbocycles. The first-order valence-corrected chi connectivity index (χ1v) is 6.75. The Kier molecular flexibility index (Phi) is 2.46. The Bertz CT molecular complexity index is 451. The summed E-state index contributed by atoms with van der Waals surface area (Å²) in [6.45, 7) is 7.36. The molecule has 3 atom stereocenters. The number of rotatable bonds is 3. The molecule has 0 saturated heterocycles. The first-order valence-electron chi connectivity index (χ1n) is 6.75. The minimum Gasteiger partial charge on any atom is -0.407 e.